The second-order valence-electron chi connectivity index (χ2n) is 8.22. The normalized spacial score (nSPS) is 22.7. The molecule has 0 radical (unpaired) electrons. The first-order valence-corrected chi connectivity index (χ1v) is 8.47. The average Bonchev–Trinajstić information content (AvgIpc) is 2.80. The molecule has 21 heavy (non-hydrogen) atoms. The third-order valence-corrected chi connectivity index (χ3v) is 5.23. The molecule has 2 aliphatic heterocycles. The van der Waals surface area contributed by atoms with Crippen molar-refractivity contribution in [2.24, 2.45) is 10.8 Å². The van der Waals surface area contributed by atoms with Gasteiger partial charge in [0, 0.05) is 19.6 Å². The van der Waals surface area contributed by atoms with Gasteiger partial charge in [-0.1, -0.05) is 27.4 Å². The van der Waals surface area contributed by atoms with Gasteiger partial charge in [-0.05, 0) is 62.1 Å². The number of hydrogen-bond acceptors (Lipinski definition) is 2. The molecule has 2 fully saturated rings. The number of hydrogen-bond donors (Lipinski definition) is 0. The van der Waals surface area contributed by atoms with Crippen molar-refractivity contribution in [3.63, 3.8) is 0 Å². The van der Waals surface area contributed by atoms with Crippen LogP contribution in [-0.4, -0.2) is 48.4 Å². The smallest absolute Gasteiger partial charge is 0.245 e. The van der Waals surface area contributed by atoms with Crippen LogP contribution in [0.3, 0.4) is 0 Å². The van der Waals surface area contributed by atoms with E-state index in [4.69, 9.17) is 0 Å². The van der Waals surface area contributed by atoms with Crippen molar-refractivity contribution < 1.29 is 4.79 Å². The monoisotopic (exact) mass is 292 g/mol. The van der Waals surface area contributed by atoms with Crippen molar-refractivity contribution in [3.8, 4) is 0 Å². The molecule has 2 heterocycles. The molecule has 0 aromatic heterocycles. The predicted molar refractivity (Wildman–Crippen MR) is 88.2 cm³/mol. The van der Waals surface area contributed by atoms with E-state index in [-0.39, 0.29) is 5.91 Å². The Bertz CT molecular complexity index is 375. The number of likely N-dealkylation sites (tertiary alicyclic amines) is 2. The van der Waals surface area contributed by atoms with Crippen molar-refractivity contribution in [1.82, 2.24) is 9.80 Å². The van der Waals surface area contributed by atoms with Gasteiger partial charge in [0.25, 0.3) is 0 Å². The summed E-state index contributed by atoms with van der Waals surface area (Å²) in [7, 11) is 0. The van der Waals surface area contributed by atoms with Gasteiger partial charge in [-0.25, -0.2) is 0 Å². The van der Waals surface area contributed by atoms with Crippen molar-refractivity contribution in [2.45, 2.75) is 52.9 Å². The molecule has 0 atom stereocenters. The maximum atomic E-state index is 11.7. The predicted octanol–water partition coefficient (Wildman–Crippen LogP) is 3.31. The minimum atomic E-state index is 0.102. The average molecular weight is 292 g/mol. The van der Waals surface area contributed by atoms with Crippen LogP contribution in [0.25, 0.3) is 0 Å². The van der Waals surface area contributed by atoms with Crippen LogP contribution in [0.5, 0.6) is 0 Å². The maximum absolute atomic E-state index is 11.7. The molecule has 1 amide bonds. The lowest BCUT2D eigenvalue weighted by Crippen LogP contribution is -2.43. The molecule has 0 aliphatic carbocycles. The van der Waals surface area contributed by atoms with Crippen LogP contribution in [-0.2, 0) is 4.79 Å². The third kappa shape index (κ3) is 4.57. The highest BCUT2D eigenvalue weighted by molar-refractivity contribution is 5.87. The number of nitrogens with zero attached hydrogens (tertiary/aromatic N) is 2. The Morgan fingerprint density at radius 1 is 1.19 bits per heavy atom. The Morgan fingerprint density at radius 3 is 2.38 bits per heavy atom. The second kappa shape index (κ2) is 6.51. The molecule has 0 N–H and O–H groups in total. The fraction of sp³-hybridized carbons (Fsp3) is 0.833. The molecule has 3 nitrogen and oxygen atoms in total. The van der Waals surface area contributed by atoms with E-state index >= 15 is 0 Å². The largest absolute Gasteiger partial charge is 0.339 e. The third-order valence-electron chi connectivity index (χ3n) is 5.23. The van der Waals surface area contributed by atoms with E-state index in [2.05, 4.69) is 32.3 Å². The van der Waals surface area contributed by atoms with E-state index in [1.165, 1.54) is 57.8 Å². The molecule has 0 aromatic carbocycles. The number of carbonyl (C=O) groups is 1. The topological polar surface area (TPSA) is 23.6 Å². The Hall–Kier alpha value is -0.830. The summed E-state index contributed by atoms with van der Waals surface area (Å²) >= 11 is 0. The molecule has 0 bridgehead atoms. The molecule has 0 saturated carbocycles. The molecule has 0 unspecified atom stereocenters. The van der Waals surface area contributed by atoms with Crippen LogP contribution in [0.15, 0.2) is 12.7 Å². The minimum absolute atomic E-state index is 0.102. The molecule has 2 rings (SSSR count). The zero-order chi connectivity index (χ0) is 15.5. The highest BCUT2D eigenvalue weighted by Crippen LogP contribution is 2.40. The van der Waals surface area contributed by atoms with Gasteiger partial charge in [-0.2, -0.15) is 0 Å². The van der Waals surface area contributed by atoms with Gasteiger partial charge in [0.1, 0.15) is 0 Å². The van der Waals surface area contributed by atoms with Crippen LogP contribution in [0.4, 0.5) is 0 Å². The van der Waals surface area contributed by atoms with Crippen molar-refractivity contribution in [2.75, 3.05) is 32.7 Å². The summed E-state index contributed by atoms with van der Waals surface area (Å²) in [6, 6.07) is 0. The van der Waals surface area contributed by atoms with Crippen LogP contribution in [0, 0.1) is 10.8 Å². The highest BCUT2D eigenvalue weighted by atomic mass is 16.2. The first kappa shape index (κ1) is 16.5. The SMILES string of the molecule is C=CC(=O)N1CCC2(CCN(CCCC(C)(C)C)C2)CC1. The fourth-order valence-electron chi connectivity index (χ4n) is 3.79. The summed E-state index contributed by atoms with van der Waals surface area (Å²) in [6.45, 7) is 16.1. The Labute approximate surface area is 130 Å². The summed E-state index contributed by atoms with van der Waals surface area (Å²) in [5.41, 5.74) is 0.938. The quantitative estimate of drug-likeness (QED) is 0.742. The van der Waals surface area contributed by atoms with Gasteiger partial charge < -0.3 is 9.80 Å². The van der Waals surface area contributed by atoms with Gasteiger partial charge in [-0.3, -0.25) is 4.79 Å². The van der Waals surface area contributed by atoms with Gasteiger partial charge in [0.2, 0.25) is 5.91 Å². The summed E-state index contributed by atoms with van der Waals surface area (Å²) in [5.74, 6) is 0.102. The number of carbonyl (C=O) groups excluding carboxylic acids is 1. The van der Waals surface area contributed by atoms with E-state index in [9.17, 15) is 4.79 Å². The lowest BCUT2D eigenvalue weighted by atomic mass is 9.78. The van der Waals surface area contributed by atoms with Gasteiger partial charge in [0.05, 0.1) is 0 Å². The van der Waals surface area contributed by atoms with Crippen molar-refractivity contribution in [3.05, 3.63) is 12.7 Å². The lowest BCUT2D eigenvalue weighted by Gasteiger charge is -2.39. The van der Waals surface area contributed by atoms with Gasteiger partial charge >= 0.3 is 0 Å². The van der Waals surface area contributed by atoms with Crippen LogP contribution in [0.1, 0.15) is 52.9 Å². The summed E-state index contributed by atoms with van der Waals surface area (Å²) in [6.07, 6.45) is 7.72. The standard InChI is InChI=1S/C18H32N2O/c1-5-16(21)20-13-9-18(10-14-20)8-12-19(15-18)11-6-7-17(2,3)4/h5H,1,6-15H2,2-4H3. The van der Waals surface area contributed by atoms with Crippen LogP contribution < -0.4 is 0 Å². The maximum Gasteiger partial charge on any atom is 0.245 e. The highest BCUT2D eigenvalue weighted by Gasteiger charge is 2.40. The van der Waals surface area contributed by atoms with E-state index in [0.29, 0.717) is 10.8 Å². The summed E-state index contributed by atoms with van der Waals surface area (Å²) < 4.78 is 0. The van der Waals surface area contributed by atoms with E-state index in [1.54, 1.807) is 0 Å². The Kier molecular flexibility index (Phi) is 5.13. The molecule has 1 spiro atoms. The Balaban J connectivity index is 1.75. The van der Waals surface area contributed by atoms with E-state index < -0.39 is 0 Å². The van der Waals surface area contributed by atoms with Gasteiger partial charge in [0.15, 0.2) is 0 Å². The summed E-state index contributed by atoms with van der Waals surface area (Å²) in [5, 5.41) is 0. The lowest BCUT2D eigenvalue weighted by molar-refractivity contribution is -0.128. The molecular weight excluding hydrogens is 260 g/mol. The van der Waals surface area contributed by atoms with Crippen molar-refractivity contribution in [1.29, 1.82) is 0 Å². The van der Waals surface area contributed by atoms with E-state index in [1.807, 2.05) is 4.90 Å². The number of piperidine rings is 1. The molecule has 0 aromatic rings. The number of rotatable bonds is 4. The molecule has 120 valence electrons. The van der Waals surface area contributed by atoms with Crippen LogP contribution in [0.2, 0.25) is 0 Å². The summed E-state index contributed by atoms with van der Waals surface area (Å²) in [4.78, 5) is 16.3. The Morgan fingerprint density at radius 2 is 1.81 bits per heavy atom. The molecule has 2 saturated heterocycles. The zero-order valence-corrected chi connectivity index (χ0v) is 14.2. The first-order chi connectivity index (χ1) is 9.84. The minimum Gasteiger partial charge on any atom is -0.339 e. The zero-order valence-electron chi connectivity index (χ0n) is 14.2. The molecule has 3 heteroatoms. The molecule has 2 aliphatic rings. The second-order valence-corrected chi connectivity index (χ2v) is 8.22. The van der Waals surface area contributed by atoms with Crippen LogP contribution >= 0.6 is 0 Å². The fourth-order valence-corrected chi connectivity index (χ4v) is 3.79. The van der Waals surface area contributed by atoms with Gasteiger partial charge in [-0.15, -0.1) is 0 Å². The first-order valence-electron chi connectivity index (χ1n) is 8.47. The molecular formula is C18H32N2O. The number of amides is 1. The van der Waals surface area contributed by atoms with Crippen molar-refractivity contribution >= 4 is 5.91 Å². The van der Waals surface area contributed by atoms with E-state index in [0.717, 1.165) is 13.1 Å².